The smallest absolute Gasteiger partial charge is 0.336 e. The topological polar surface area (TPSA) is 49.3 Å². The average Bonchev–Trinajstić information content (AvgIpc) is 2.89. The molecule has 0 radical (unpaired) electrons. The van der Waals surface area contributed by atoms with Crippen LogP contribution in [0.25, 0.3) is 0 Å². The normalized spacial score (nSPS) is 12.3. The molecule has 1 atom stereocenters. The highest BCUT2D eigenvalue weighted by Gasteiger charge is 2.07. The number of carboxylic acids is 1. The second-order valence-electron chi connectivity index (χ2n) is 4.55. The molecule has 3 nitrogen and oxygen atoms in total. The van der Waals surface area contributed by atoms with Crippen LogP contribution in [0.5, 0.6) is 0 Å². The fourth-order valence-corrected chi connectivity index (χ4v) is 2.72. The SMILES string of the molecule is CC(CNCc1cc(C(=O)O)cs1)c1ccccc1. The molecule has 0 saturated carbocycles. The van der Waals surface area contributed by atoms with Crippen LogP contribution in [-0.2, 0) is 6.54 Å². The minimum atomic E-state index is -0.861. The van der Waals surface area contributed by atoms with Gasteiger partial charge >= 0.3 is 5.97 Å². The molecule has 2 aromatic rings. The average molecular weight is 275 g/mol. The van der Waals surface area contributed by atoms with Gasteiger partial charge in [-0.25, -0.2) is 4.79 Å². The van der Waals surface area contributed by atoms with E-state index in [0.29, 0.717) is 11.5 Å². The molecule has 0 aliphatic rings. The number of carboxylic acid groups (broad SMARTS) is 1. The number of aromatic carboxylic acids is 1. The molecule has 0 saturated heterocycles. The standard InChI is InChI=1S/C15H17NO2S/c1-11(12-5-3-2-4-6-12)8-16-9-14-7-13(10-19-14)15(17)18/h2-7,10-11,16H,8-9H2,1H3,(H,17,18). The van der Waals surface area contributed by atoms with Crippen LogP contribution in [0.4, 0.5) is 0 Å². The monoisotopic (exact) mass is 275 g/mol. The van der Waals surface area contributed by atoms with Gasteiger partial charge in [0, 0.05) is 23.3 Å². The first-order valence-corrected chi connectivity index (χ1v) is 7.11. The fourth-order valence-electron chi connectivity index (χ4n) is 1.90. The molecule has 1 aromatic heterocycles. The van der Waals surface area contributed by atoms with Crippen LogP contribution in [0.2, 0.25) is 0 Å². The summed E-state index contributed by atoms with van der Waals surface area (Å²) in [6.45, 7) is 3.78. The van der Waals surface area contributed by atoms with Gasteiger partial charge in [-0.05, 0) is 17.5 Å². The largest absolute Gasteiger partial charge is 0.478 e. The Labute approximate surface area is 116 Å². The zero-order valence-corrected chi connectivity index (χ0v) is 11.6. The summed E-state index contributed by atoms with van der Waals surface area (Å²) < 4.78 is 0. The number of nitrogens with one attached hydrogen (secondary N) is 1. The van der Waals surface area contributed by atoms with Crippen molar-refractivity contribution in [1.29, 1.82) is 0 Å². The lowest BCUT2D eigenvalue weighted by molar-refractivity contribution is 0.0697. The van der Waals surface area contributed by atoms with Crippen LogP contribution < -0.4 is 5.32 Å². The molecular weight excluding hydrogens is 258 g/mol. The summed E-state index contributed by atoms with van der Waals surface area (Å²) in [7, 11) is 0. The molecule has 1 unspecified atom stereocenters. The zero-order valence-electron chi connectivity index (χ0n) is 10.8. The van der Waals surface area contributed by atoms with Crippen LogP contribution in [0.1, 0.15) is 33.6 Å². The number of carbonyl (C=O) groups is 1. The molecule has 2 rings (SSSR count). The minimum absolute atomic E-state index is 0.373. The van der Waals surface area contributed by atoms with E-state index in [-0.39, 0.29) is 0 Å². The Balaban J connectivity index is 1.81. The highest BCUT2D eigenvalue weighted by Crippen LogP contribution is 2.16. The predicted molar refractivity (Wildman–Crippen MR) is 77.8 cm³/mol. The number of thiophene rings is 1. The van der Waals surface area contributed by atoms with E-state index in [1.54, 1.807) is 11.4 Å². The summed E-state index contributed by atoms with van der Waals surface area (Å²) in [6.07, 6.45) is 0. The van der Waals surface area contributed by atoms with E-state index in [4.69, 9.17) is 5.11 Å². The number of hydrogen-bond donors (Lipinski definition) is 2. The van der Waals surface area contributed by atoms with Gasteiger partial charge < -0.3 is 10.4 Å². The fraction of sp³-hybridized carbons (Fsp3) is 0.267. The third kappa shape index (κ3) is 3.91. The van der Waals surface area contributed by atoms with Crippen molar-refractivity contribution in [2.75, 3.05) is 6.54 Å². The maximum Gasteiger partial charge on any atom is 0.336 e. The molecule has 0 bridgehead atoms. The number of hydrogen-bond acceptors (Lipinski definition) is 3. The molecule has 0 fully saturated rings. The molecule has 1 aromatic carbocycles. The minimum Gasteiger partial charge on any atom is -0.478 e. The second kappa shape index (κ2) is 6.50. The summed E-state index contributed by atoms with van der Waals surface area (Å²) in [4.78, 5) is 11.8. The van der Waals surface area contributed by atoms with Crippen molar-refractivity contribution in [2.24, 2.45) is 0 Å². The zero-order chi connectivity index (χ0) is 13.7. The molecule has 100 valence electrons. The van der Waals surface area contributed by atoms with E-state index in [1.165, 1.54) is 16.9 Å². The van der Waals surface area contributed by atoms with Crippen molar-refractivity contribution >= 4 is 17.3 Å². The van der Waals surface area contributed by atoms with Gasteiger partial charge in [-0.1, -0.05) is 37.3 Å². The summed E-state index contributed by atoms with van der Waals surface area (Å²) >= 11 is 1.48. The Bertz CT molecular complexity index is 536. The van der Waals surface area contributed by atoms with Crippen molar-refractivity contribution in [2.45, 2.75) is 19.4 Å². The summed E-state index contributed by atoms with van der Waals surface area (Å²) in [5.74, 6) is -0.416. The maximum atomic E-state index is 10.8. The maximum absolute atomic E-state index is 10.8. The molecule has 4 heteroatoms. The van der Waals surface area contributed by atoms with Crippen molar-refractivity contribution in [1.82, 2.24) is 5.32 Å². The first-order chi connectivity index (χ1) is 9.16. The Kier molecular flexibility index (Phi) is 4.71. The number of benzene rings is 1. The van der Waals surface area contributed by atoms with E-state index in [1.807, 2.05) is 18.2 Å². The summed E-state index contributed by atoms with van der Waals surface area (Å²) in [5, 5.41) is 13.9. The van der Waals surface area contributed by atoms with Gasteiger partial charge in [0.1, 0.15) is 0 Å². The quantitative estimate of drug-likeness (QED) is 0.850. The highest BCUT2D eigenvalue weighted by molar-refractivity contribution is 7.10. The third-order valence-corrected chi connectivity index (χ3v) is 3.96. The van der Waals surface area contributed by atoms with Gasteiger partial charge in [0.25, 0.3) is 0 Å². The lowest BCUT2D eigenvalue weighted by Gasteiger charge is -2.12. The van der Waals surface area contributed by atoms with E-state index < -0.39 is 5.97 Å². The molecule has 2 N–H and O–H groups in total. The molecule has 0 aliphatic heterocycles. The molecule has 19 heavy (non-hydrogen) atoms. The predicted octanol–water partition coefficient (Wildman–Crippen LogP) is 3.34. The van der Waals surface area contributed by atoms with Gasteiger partial charge in [-0.3, -0.25) is 0 Å². The van der Waals surface area contributed by atoms with Crippen LogP contribution >= 0.6 is 11.3 Å². The van der Waals surface area contributed by atoms with Gasteiger partial charge in [0.2, 0.25) is 0 Å². The highest BCUT2D eigenvalue weighted by atomic mass is 32.1. The van der Waals surface area contributed by atoms with E-state index in [2.05, 4.69) is 24.4 Å². The van der Waals surface area contributed by atoms with Gasteiger partial charge in [0.15, 0.2) is 0 Å². The number of rotatable bonds is 6. The Morgan fingerprint density at radius 1 is 1.37 bits per heavy atom. The Hall–Kier alpha value is -1.65. The molecule has 0 amide bonds. The lowest BCUT2D eigenvalue weighted by Crippen LogP contribution is -2.19. The van der Waals surface area contributed by atoms with Crippen LogP contribution in [0.15, 0.2) is 41.8 Å². The van der Waals surface area contributed by atoms with Gasteiger partial charge in [-0.2, -0.15) is 0 Å². The van der Waals surface area contributed by atoms with Crippen molar-refractivity contribution in [3.63, 3.8) is 0 Å². The molecule has 0 spiro atoms. The molecule has 1 heterocycles. The van der Waals surface area contributed by atoms with E-state index in [9.17, 15) is 4.79 Å². The van der Waals surface area contributed by atoms with Crippen LogP contribution in [0.3, 0.4) is 0 Å². The van der Waals surface area contributed by atoms with Crippen LogP contribution in [0, 0.1) is 0 Å². The van der Waals surface area contributed by atoms with Crippen molar-refractivity contribution < 1.29 is 9.90 Å². The van der Waals surface area contributed by atoms with Gasteiger partial charge in [-0.15, -0.1) is 11.3 Å². The Morgan fingerprint density at radius 2 is 2.11 bits per heavy atom. The summed E-state index contributed by atoms with van der Waals surface area (Å²) in [5.41, 5.74) is 1.69. The van der Waals surface area contributed by atoms with Crippen LogP contribution in [-0.4, -0.2) is 17.6 Å². The second-order valence-corrected chi connectivity index (χ2v) is 5.55. The first-order valence-electron chi connectivity index (χ1n) is 6.23. The van der Waals surface area contributed by atoms with E-state index in [0.717, 1.165) is 18.0 Å². The van der Waals surface area contributed by atoms with Crippen molar-refractivity contribution in [3.8, 4) is 0 Å². The third-order valence-electron chi connectivity index (χ3n) is 3.02. The van der Waals surface area contributed by atoms with Gasteiger partial charge in [0.05, 0.1) is 5.56 Å². The molecular formula is C15H17NO2S. The summed E-state index contributed by atoms with van der Waals surface area (Å²) in [6, 6.07) is 12.1. The van der Waals surface area contributed by atoms with E-state index >= 15 is 0 Å². The van der Waals surface area contributed by atoms with Crippen molar-refractivity contribution in [3.05, 3.63) is 57.8 Å². The Morgan fingerprint density at radius 3 is 2.74 bits per heavy atom. The first kappa shape index (κ1) is 13.8. The lowest BCUT2D eigenvalue weighted by atomic mass is 10.0. The molecule has 0 aliphatic carbocycles.